The van der Waals surface area contributed by atoms with Gasteiger partial charge in [-0.15, -0.1) is 0 Å². The summed E-state index contributed by atoms with van der Waals surface area (Å²) < 4.78 is 0. The zero-order valence-electron chi connectivity index (χ0n) is 42.5. The first-order valence-electron chi connectivity index (χ1n) is 24.6. The van der Waals surface area contributed by atoms with Crippen LogP contribution in [0.1, 0.15) is 294 Å². The summed E-state index contributed by atoms with van der Waals surface area (Å²) in [6.07, 6.45) is 30.3. The van der Waals surface area contributed by atoms with E-state index in [0.717, 1.165) is 11.8 Å². The highest BCUT2D eigenvalue weighted by Gasteiger charge is 2.23. The number of hydrogen-bond donors (Lipinski definition) is 0. The van der Waals surface area contributed by atoms with Gasteiger partial charge in [-0.2, -0.15) is 0 Å². The average molecular weight is 762 g/mol. The minimum Gasteiger partial charge on any atom is -0.0678 e. The Balaban J connectivity index is -0.0000000721. The SMILES string of the molecule is CCC.CCC(C)(C)CC.CCC(C)C.CCC(CC)CC.CCCCC.CCCCCCC.CCCCCCCCC.CC[Si](CC)(CC)CC. The predicted molar refractivity (Wildman–Crippen MR) is 261 cm³/mol. The molecular formula is C51H120Si. The lowest BCUT2D eigenvalue weighted by atomic mass is 9.88. The fourth-order valence-corrected chi connectivity index (χ4v) is 7.68. The van der Waals surface area contributed by atoms with Gasteiger partial charge in [-0.3, -0.25) is 0 Å². The molecule has 328 valence electrons. The molecule has 0 spiro atoms. The van der Waals surface area contributed by atoms with Gasteiger partial charge in [0.2, 0.25) is 0 Å². The van der Waals surface area contributed by atoms with Crippen molar-refractivity contribution < 1.29 is 0 Å². The number of hydrogen-bond acceptors (Lipinski definition) is 0. The van der Waals surface area contributed by atoms with E-state index in [1.807, 2.05) is 0 Å². The van der Waals surface area contributed by atoms with Crippen molar-refractivity contribution >= 4 is 8.07 Å². The zero-order valence-corrected chi connectivity index (χ0v) is 43.5. The molecule has 0 rings (SSSR count). The van der Waals surface area contributed by atoms with Crippen LogP contribution in [0.3, 0.4) is 0 Å². The molecule has 0 fully saturated rings. The fraction of sp³-hybridized carbons (Fsp3) is 1.00. The van der Waals surface area contributed by atoms with E-state index in [4.69, 9.17) is 0 Å². The smallest absolute Gasteiger partial charge is 0.0524 e. The minimum absolute atomic E-state index is 0.583. The van der Waals surface area contributed by atoms with Crippen LogP contribution in [0.2, 0.25) is 24.2 Å². The first-order valence-corrected chi connectivity index (χ1v) is 27.5. The summed E-state index contributed by atoms with van der Waals surface area (Å²) in [6, 6.07) is 5.93. The van der Waals surface area contributed by atoms with E-state index < -0.39 is 8.07 Å². The first-order chi connectivity index (χ1) is 24.6. The maximum atomic E-state index is 2.36. The van der Waals surface area contributed by atoms with Crippen molar-refractivity contribution in [2.75, 3.05) is 0 Å². The van der Waals surface area contributed by atoms with Crippen molar-refractivity contribution in [3.8, 4) is 0 Å². The third-order valence-corrected chi connectivity index (χ3v) is 17.1. The van der Waals surface area contributed by atoms with Crippen LogP contribution in [-0.4, -0.2) is 8.07 Å². The van der Waals surface area contributed by atoms with E-state index in [-0.39, 0.29) is 0 Å². The lowest BCUT2D eigenvalue weighted by Crippen LogP contribution is -2.29. The molecule has 0 radical (unpaired) electrons. The third kappa shape index (κ3) is 83.3. The molecule has 0 saturated carbocycles. The molecule has 0 aliphatic carbocycles. The average Bonchev–Trinajstić information content (AvgIpc) is 3.16. The molecule has 0 bridgehead atoms. The van der Waals surface area contributed by atoms with Gasteiger partial charge in [0, 0.05) is 0 Å². The Morgan fingerprint density at radius 2 is 0.558 bits per heavy atom. The number of rotatable bonds is 22. The van der Waals surface area contributed by atoms with Crippen LogP contribution in [0, 0.1) is 17.3 Å². The van der Waals surface area contributed by atoms with Crippen molar-refractivity contribution in [3.63, 3.8) is 0 Å². The lowest BCUT2D eigenvalue weighted by molar-refractivity contribution is 0.338. The van der Waals surface area contributed by atoms with Crippen molar-refractivity contribution in [1.29, 1.82) is 0 Å². The summed E-state index contributed by atoms with van der Waals surface area (Å²) in [7, 11) is -0.691. The molecule has 0 atom stereocenters. The number of unbranched alkanes of at least 4 members (excludes halogenated alkanes) is 12. The van der Waals surface area contributed by atoms with Gasteiger partial charge in [0.15, 0.2) is 0 Å². The molecule has 0 saturated heterocycles. The molecule has 1 heteroatoms. The normalized spacial score (nSPS) is 10.2. The van der Waals surface area contributed by atoms with Crippen molar-refractivity contribution in [2.24, 2.45) is 17.3 Å². The highest BCUT2D eigenvalue weighted by molar-refractivity contribution is 6.79. The van der Waals surface area contributed by atoms with Crippen molar-refractivity contribution in [1.82, 2.24) is 0 Å². The molecule has 52 heavy (non-hydrogen) atoms. The predicted octanol–water partition coefficient (Wildman–Crippen LogP) is 21.6. The van der Waals surface area contributed by atoms with Crippen LogP contribution >= 0.6 is 0 Å². The second-order valence-corrected chi connectivity index (χ2v) is 22.4. The van der Waals surface area contributed by atoms with Crippen LogP contribution in [-0.2, 0) is 0 Å². The van der Waals surface area contributed by atoms with Gasteiger partial charge in [0.1, 0.15) is 0 Å². The van der Waals surface area contributed by atoms with Crippen molar-refractivity contribution in [2.45, 2.75) is 318 Å². The molecular weight excluding hydrogens is 641 g/mol. The standard InChI is InChI=1S/C9H20.C8H20Si.3C7H16.2C5H12.C3H8/c1-3-5-7-9-8-6-4-2;1-5-9(6-2,7-3)8-4;1-5-7(3,4)6-2;1-4-7(5-2)6-3;1-3-5-7-6-4-2;1-4-5(2)3;1-3-5-4-2;1-3-2/h3-9H2,1-2H3;5-8H2,1-4H3;5-6H2,1-4H3;7H,4-6H2,1-3H3;3-7H2,1-2H3;5H,4H2,1-3H3;3-5H2,1-2H3;3H2,1-2H3. The van der Waals surface area contributed by atoms with Crippen LogP contribution in [0.4, 0.5) is 0 Å². The second-order valence-electron chi connectivity index (χ2n) is 16.6. The highest BCUT2D eigenvalue weighted by Crippen LogP contribution is 2.24. The Bertz CT molecular complexity index is 431. The van der Waals surface area contributed by atoms with Gasteiger partial charge in [-0.25, -0.2) is 0 Å². The first kappa shape index (κ1) is 70.1. The Labute approximate surface area is 341 Å². The molecule has 0 aliphatic heterocycles. The molecule has 0 aromatic rings. The highest BCUT2D eigenvalue weighted by atomic mass is 28.3. The monoisotopic (exact) mass is 761 g/mol. The minimum atomic E-state index is -0.691. The van der Waals surface area contributed by atoms with E-state index in [1.54, 1.807) is 0 Å². The van der Waals surface area contributed by atoms with Gasteiger partial charge in [0.05, 0.1) is 8.07 Å². The molecule has 0 nitrogen and oxygen atoms in total. The maximum Gasteiger partial charge on any atom is 0.0524 e. The van der Waals surface area contributed by atoms with Gasteiger partial charge in [0.25, 0.3) is 0 Å². The van der Waals surface area contributed by atoms with Gasteiger partial charge >= 0.3 is 0 Å². The van der Waals surface area contributed by atoms with E-state index in [9.17, 15) is 0 Å². The van der Waals surface area contributed by atoms with Gasteiger partial charge in [-0.05, 0) is 17.3 Å². The molecule has 0 heterocycles. The van der Waals surface area contributed by atoms with E-state index in [1.165, 1.54) is 165 Å². The molecule has 0 amide bonds. The summed E-state index contributed by atoms with van der Waals surface area (Å²) >= 11 is 0. The Morgan fingerprint density at radius 3 is 0.635 bits per heavy atom. The summed E-state index contributed by atoms with van der Waals surface area (Å²) in [5.74, 6) is 1.87. The Kier molecular flexibility index (Phi) is 89.0. The van der Waals surface area contributed by atoms with E-state index in [0.29, 0.717) is 5.41 Å². The summed E-state index contributed by atoms with van der Waals surface area (Å²) in [5, 5.41) is 0. The maximum absolute atomic E-state index is 2.36. The molecule has 0 N–H and O–H groups in total. The Morgan fingerprint density at radius 1 is 0.346 bits per heavy atom. The molecule has 0 aliphatic rings. The van der Waals surface area contributed by atoms with Crippen LogP contribution < -0.4 is 0 Å². The Hall–Kier alpha value is 0.217. The summed E-state index contributed by atoms with van der Waals surface area (Å²) in [6.45, 7) is 49.7. The third-order valence-electron chi connectivity index (χ3n) is 11.1. The molecule has 0 aromatic heterocycles. The zero-order chi connectivity index (χ0) is 42.5. The largest absolute Gasteiger partial charge is 0.0678 e. The summed E-state index contributed by atoms with van der Waals surface area (Å²) in [5.41, 5.74) is 0.583. The van der Waals surface area contributed by atoms with Crippen LogP contribution in [0.5, 0.6) is 0 Å². The quantitative estimate of drug-likeness (QED) is 0.0761. The van der Waals surface area contributed by atoms with Crippen LogP contribution in [0.15, 0.2) is 0 Å². The van der Waals surface area contributed by atoms with Gasteiger partial charge < -0.3 is 0 Å². The fourth-order valence-electron chi connectivity index (χ4n) is 4.68. The second kappa shape index (κ2) is 66.1. The molecule has 0 unspecified atom stereocenters. The van der Waals surface area contributed by atoms with E-state index in [2.05, 4.69) is 152 Å². The van der Waals surface area contributed by atoms with E-state index >= 15 is 0 Å². The topological polar surface area (TPSA) is 0 Å². The summed E-state index contributed by atoms with van der Waals surface area (Å²) in [4.78, 5) is 0. The van der Waals surface area contributed by atoms with Crippen molar-refractivity contribution in [3.05, 3.63) is 0 Å². The van der Waals surface area contributed by atoms with Gasteiger partial charge in [-0.1, -0.05) is 318 Å². The molecule has 0 aromatic carbocycles. The lowest BCUT2D eigenvalue weighted by Gasteiger charge is -2.25. The van der Waals surface area contributed by atoms with Crippen LogP contribution in [0.25, 0.3) is 0 Å².